The molecule has 1 rings (SSSR count). The van der Waals surface area contributed by atoms with Gasteiger partial charge in [0.2, 0.25) is 0 Å². The van der Waals surface area contributed by atoms with Crippen molar-refractivity contribution in [3.8, 4) is 0 Å². The number of hydrogen-bond acceptors (Lipinski definition) is 3. The first-order chi connectivity index (χ1) is 5.70. The zero-order valence-corrected chi connectivity index (χ0v) is 6.89. The fourth-order valence-electron chi connectivity index (χ4n) is 0.631. The molecule has 0 aliphatic rings. The fraction of sp³-hybridized carbons (Fsp3) is 0.167. The Hall–Kier alpha value is -1.43. The van der Waals surface area contributed by atoms with Crippen LogP contribution in [0, 0.1) is 0 Å². The van der Waals surface area contributed by atoms with Crippen LogP contribution in [-0.4, -0.2) is 32.6 Å². The monoisotopic (exact) mass is 185 g/mol. The van der Waals surface area contributed by atoms with Crippen molar-refractivity contribution in [2.45, 2.75) is 0 Å². The van der Waals surface area contributed by atoms with Crippen LogP contribution >= 0.6 is 12.2 Å². The summed E-state index contributed by atoms with van der Waals surface area (Å²) in [5, 5.41) is 10.9. The van der Waals surface area contributed by atoms with Gasteiger partial charge in [-0.3, -0.25) is 4.79 Å². The molecule has 0 radical (unpaired) electrons. The summed E-state index contributed by atoms with van der Waals surface area (Å²) in [6, 6.07) is 0. The summed E-state index contributed by atoms with van der Waals surface area (Å²) in [5.74, 6) is -0.947. The Morgan fingerprint density at radius 1 is 1.83 bits per heavy atom. The van der Waals surface area contributed by atoms with Gasteiger partial charge in [0.15, 0.2) is 0 Å². The maximum Gasteiger partial charge on any atom is 0.322 e. The van der Waals surface area contributed by atoms with Crippen LogP contribution in [0.2, 0.25) is 0 Å². The van der Waals surface area contributed by atoms with Crippen molar-refractivity contribution in [2.24, 2.45) is 0 Å². The second kappa shape index (κ2) is 3.82. The number of thiocarbonyl (C=S) groups is 1. The number of nitrogens with one attached hydrogen (secondary N) is 2. The van der Waals surface area contributed by atoms with Crippen molar-refractivity contribution in [3.63, 3.8) is 0 Å². The number of aliphatic carboxylic acids is 1. The second-order valence-corrected chi connectivity index (χ2v) is 2.45. The van der Waals surface area contributed by atoms with E-state index in [1.54, 1.807) is 0 Å². The van der Waals surface area contributed by atoms with E-state index in [1.807, 2.05) is 0 Å². The van der Waals surface area contributed by atoms with Gasteiger partial charge >= 0.3 is 5.97 Å². The molecule has 64 valence electrons. The quantitative estimate of drug-likeness (QED) is 0.566. The van der Waals surface area contributed by atoms with Crippen LogP contribution in [0.1, 0.15) is 5.69 Å². The maximum absolute atomic E-state index is 10.1. The molecule has 0 atom stereocenters. The molecule has 0 aliphatic carbocycles. The molecule has 0 spiro atoms. The van der Waals surface area contributed by atoms with E-state index in [0.717, 1.165) is 0 Å². The average molecular weight is 185 g/mol. The molecular formula is C6H7N3O2S. The molecule has 1 heterocycles. The Morgan fingerprint density at radius 3 is 3.08 bits per heavy atom. The lowest BCUT2D eigenvalue weighted by Gasteiger charge is -2.00. The van der Waals surface area contributed by atoms with E-state index in [-0.39, 0.29) is 6.54 Å². The molecule has 1 aromatic rings. The third-order valence-corrected chi connectivity index (χ3v) is 1.51. The van der Waals surface area contributed by atoms with Gasteiger partial charge in [0.25, 0.3) is 0 Å². The van der Waals surface area contributed by atoms with E-state index >= 15 is 0 Å². The predicted molar refractivity (Wildman–Crippen MR) is 45.9 cm³/mol. The van der Waals surface area contributed by atoms with Gasteiger partial charge in [-0.1, -0.05) is 12.2 Å². The maximum atomic E-state index is 10.1. The first-order valence-corrected chi connectivity index (χ1v) is 3.59. The van der Waals surface area contributed by atoms with E-state index < -0.39 is 5.97 Å². The third-order valence-electron chi connectivity index (χ3n) is 1.14. The number of carboxylic acid groups (broad SMARTS) is 1. The van der Waals surface area contributed by atoms with Gasteiger partial charge in [0, 0.05) is 0 Å². The minimum atomic E-state index is -0.947. The number of aromatic nitrogens is 2. The van der Waals surface area contributed by atoms with Crippen LogP contribution in [0.3, 0.4) is 0 Å². The van der Waals surface area contributed by atoms with Crippen molar-refractivity contribution >= 4 is 23.2 Å². The van der Waals surface area contributed by atoms with Crippen molar-refractivity contribution < 1.29 is 9.90 Å². The summed E-state index contributed by atoms with van der Waals surface area (Å²) >= 11 is 4.85. The number of rotatable bonds is 3. The number of imidazole rings is 1. The van der Waals surface area contributed by atoms with Crippen molar-refractivity contribution in [2.75, 3.05) is 6.54 Å². The number of H-pyrrole nitrogens is 1. The van der Waals surface area contributed by atoms with Gasteiger partial charge in [0.05, 0.1) is 18.2 Å². The molecule has 0 fully saturated rings. The summed E-state index contributed by atoms with van der Waals surface area (Å²) in [6.45, 7) is -0.183. The molecule has 0 amide bonds. The zero-order valence-electron chi connectivity index (χ0n) is 6.07. The summed E-state index contributed by atoms with van der Waals surface area (Å²) < 4.78 is 0. The Bertz CT molecular complexity index is 283. The molecule has 6 heteroatoms. The molecule has 5 nitrogen and oxygen atoms in total. The van der Waals surface area contributed by atoms with E-state index in [1.165, 1.54) is 12.5 Å². The zero-order chi connectivity index (χ0) is 8.97. The van der Waals surface area contributed by atoms with Gasteiger partial charge in [-0.05, 0) is 0 Å². The Balaban J connectivity index is 2.45. The number of carboxylic acids is 1. The van der Waals surface area contributed by atoms with E-state index in [4.69, 9.17) is 17.3 Å². The van der Waals surface area contributed by atoms with E-state index in [9.17, 15) is 4.79 Å². The normalized spacial score (nSPS) is 9.33. The highest BCUT2D eigenvalue weighted by molar-refractivity contribution is 7.80. The lowest BCUT2D eigenvalue weighted by Crippen LogP contribution is -2.28. The van der Waals surface area contributed by atoms with Crippen LogP contribution in [0.4, 0.5) is 0 Å². The predicted octanol–water partition coefficient (Wildman–Crippen LogP) is -0.241. The van der Waals surface area contributed by atoms with Crippen LogP contribution in [-0.2, 0) is 4.79 Å². The molecular weight excluding hydrogens is 178 g/mol. The highest BCUT2D eigenvalue weighted by Gasteiger charge is 2.02. The molecule has 0 unspecified atom stereocenters. The topological polar surface area (TPSA) is 78.0 Å². The van der Waals surface area contributed by atoms with Gasteiger partial charge in [-0.25, -0.2) is 4.98 Å². The molecule has 0 aliphatic heterocycles. The second-order valence-electron chi connectivity index (χ2n) is 2.04. The number of aromatic amines is 1. The summed E-state index contributed by atoms with van der Waals surface area (Å²) in [5.41, 5.74) is 0.617. The average Bonchev–Trinajstić information content (AvgIpc) is 2.51. The first kappa shape index (κ1) is 8.66. The number of hydrogen-bond donors (Lipinski definition) is 3. The van der Waals surface area contributed by atoms with Crippen LogP contribution in [0.5, 0.6) is 0 Å². The molecule has 0 saturated heterocycles. The van der Waals surface area contributed by atoms with E-state index in [0.29, 0.717) is 10.7 Å². The van der Waals surface area contributed by atoms with Crippen molar-refractivity contribution in [3.05, 3.63) is 18.2 Å². The molecule has 0 aromatic carbocycles. The Kier molecular flexibility index (Phi) is 2.76. The minimum Gasteiger partial charge on any atom is -0.480 e. The standard InChI is InChI=1S/C6H7N3O2S/c10-5(11)2-8-6(12)4-1-7-3-9-4/h1,3H,2H2,(H,7,9)(H,8,12)(H,10,11). The fourth-order valence-corrected chi connectivity index (χ4v) is 0.815. The van der Waals surface area contributed by atoms with Crippen molar-refractivity contribution in [1.82, 2.24) is 15.3 Å². The van der Waals surface area contributed by atoms with Crippen LogP contribution in [0.25, 0.3) is 0 Å². The van der Waals surface area contributed by atoms with Gasteiger partial charge in [-0.2, -0.15) is 0 Å². The summed E-state index contributed by atoms with van der Waals surface area (Å²) in [4.78, 5) is 17.0. The third kappa shape index (κ3) is 2.31. The Morgan fingerprint density at radius 2 is 2.58 bits per heavy atom. The summed E-state index contributed by atoms with van der Waals surface area (Å²) in [7, 11) is 0. The molecule has 12 heavy (non-hydrogen) atoms. The summed E-state index contributed by atoms with van der Waals surface area (Å²) in [6.07, 6.45) is 3.00. The van der Waals surface area contributed by atoms with Gasteiger partial charge in [0.1, 0.15) is 11.5 Å². The Labute approximate surface area is 73.8 Å². The number of nitrogens with zero attached hydrogens (tertiary/aromatic N) is 1. The largest absolute Gasteiger partial charge is 0.480 e. The molecule has 0 saturated carbocycles. The molecule has 0 bridgehead atoms. The number of carbonyl (C=O) groups is 1. The highest BCUT2D eigenvalue weighted by Crippen LogP contribution is 1.91. The first-order valence-electron chi connectivity index (χ1n) is 3.18. The highest BCUT2D eigenvalue weighted by atomic mass is 32.1. The van der Waals surface area contributed by atoms with Gasteiger partial charge < -0.3 is 15.4 Å². The van der Waals surface area contributed by atoms with E-state index in [2.05, 4.69) is 15.3 Å². The SMILES string of the molecule is O=C(O)CNC(=S)c1cnc[nH]1. The lowest BCUT2D eigenvalue weighted by atomic mass is 10.4. The van der Waals surface area contributed by atoms with Crippen LogP contribution < -0.4 is 5.32 Å². The van der Waals surface area contributed by atoms with Crippen molar-refractivity contribution in [1.29, 1.82) is 0 Å². The van der Waals surface area contributed by atoms with Gasteiger partial charge in [-0.15, -0.1) is 0 Å². The minimum absolute atomic E-state index is 0.183. The molecule has 1 aromatic heterocycles. The smallest absolute Gasteiger partial charge is 0.322 e. The molecule has 3 N–H and O–H groups in total. The van der Waals surface area contributed by atoms with Crippen LogP contribution in [0.15, 0.2) is 12.5 Å². The lowest BCUT2D eigenvalue weighted by molar-refractivity contribution is -0.135.